The van der Waals surface area contributed by atoms with E-state index >= 15 is 0 Å². The summed E-state index contributed by atoms with van der Waals surface area (Å²) in [5, 5.41) is 20.7. The molecule has 0 saturated carbocycles. The molecule has 0 spiro atoms. The largest absolute Gasteiger partial charge is 0.708 e. The highest BCUT2D eigenvalue weighted by Crippen LogP contribution is 2.08. The Hall–Kier alpha value is -1.01. The Balaban J connectivity index is 2.68. The number of rotatable bonds is 3. The molecule has 0 aliphatic heterocycles. The third-order valence-electron chi connectivity index (χ3n) is 1.20. The predicted molar refractivity (Wildman–Crippen MR) is 38.7 cm³/mol. The van der Waals surface area contributed by atoms with Crippen molar-refractivity contribution in [1.82, 2.24) is 9.78 Å². The van der Waals surface area contributed by atoms with Crippen molar-refractivity contribution in [2.45, 2.75) is 13.5 Å². The Morgan fingerprint density at radius 1 is 1.73 bits per heavy atom. The molecule has 11 heavy (non-hydrogen) atoms. The first kappa shape index (κ1) is 8.09. The van der Waals surface area contributed by atoms with E-state index < -0.39 is 7.32 Å². The van der Waals surface area contributed by atoms with Gasteiger partial charge in [0.15, 0.2) is 5.88 Å². The van der Waals surface area contributed by atoms with E-state index in [-0.39, 0.29) is 0 Å². The van der Waals surface area contributed by atoms with Gasteiger partial charge in [-0.3, -0.25) is 0 Å². The van der Waals surface area contributed by atoms with E-state index in [1.165, 1.54) is 10.9 Å². The van der Waals surface area contributed by atoms with Crippen LogP contribution in [-0.4, -0.2) is 27.1 Å². The summed E-state index contributed by atoms with van der Waals surface area (Å²) >= 11 is 0. The van der Waals surface area contributed by atoms with Crippen LogP contribution in [0.2, 0.25) is 0 Å². The topological polar surface area (TPSA) is 67.5 Å². The molecule has 0 fully saturated rings. The van der Waals surface area contributed by atoms with Crippen LogP contribution < -0.4 is 4.65 Å². The Morgan fingerprint density at radius 2 is 2.45 bits per heavy atom. The van der Waals surface area contributed by atoms with Gasteiger partial charge < -0.3 is 14.7 Å². The molecule has 0 unspecified atom stereocenters. The predicted octanol–water partition coefficient (Wildman–Crippen LogP) is -0.749. The molecular weight excluding hydrogens is 147 g/mol. The molecule has 0 aliphatic rings. The molecule has 0 bridgehead atoms. The zero-order valence-electron chi connectivity index (χ0n) is 6.14. The van der Waals surface area contributed by atoms with Crippen LogP contribution in [0.25, 0.3) is 0 Å². The lowest BCUT2D eigenvalue weighted by Gasteiger charge is -2.04. The van der Waals surface area contributed by atoms with Crippen molar-refractivity contribution in [3.05, 3.63) is 12.3 Å². The highest BCUT2D eigenvalue weighted by Gasteiger charge is 2.13. The fraction of sp³-hybridized carbons (Fsp3) is 0.400. The maximum atomic E-state index is 8.44. The lowest BCUT2D eigenvalue weighted by Crippen LogP contribution is -2.22. The maximum Gasteiger partial charge on any atom is 0.708 e. The van der Waals surface area contributed by atoms with Gasteiger partial charge in [-0.1, -0.05) is 0 Å². The number of hydrogen-bond donors (Lipinski definition) is 2. The van der Waals surface area contributed by atoms with Gasteiger partial charge in [-0.15, -0.1) is 0 Å². The Labute approximate surface area is 64.4 Å². The van der Waals surface area contributed by atoms with E-state index in [0.717, 1.165) is 0 Å². The van der Waals surface area contributed by atoms with Crippen LogP contribution in [0.4, 0.5) is 0 Å². The number of aryl methyl sites for hydroxylation is 1. The minimum absolute atomic E-state index is 0.350. The molecule has 1 rings (SSSR count). The third kappa shape index (κ3) is 1.96. The molecule has 0 aliphatic carbocycles. The summed E-state index contributed by atoms with van der Waals surface area (Å²) in [6, 6.07) is 1.56. The summed E-state index contributed by atoms with van der Waals surface area (Å²) in [5.74, 6) is 0.350. The summed E-state index contributed by atoms with van der Waals surface area (Å²) in [4.78, 5) is 0. The molecule has 0 amide bonds. The lowest BCUT2D eigenvalue weighted by atomic mass is 10.3. The van der Waals surface area contributed by atoms with E-state index in [9.17, 15) is 0 Å². The molecular formula is C5H9BN2O3. The number of hydrogen-bond acceptors (Lipinski definition) is 4. The summed E-state index contributed by atoms with van der Waals surface area (Å²) in [5.41, 5.74) is 0. The van der Waals surface area contributed by atoms with Gasteiger partial charge in [-0.25, -0.2) is 4.68 Å². The second-order valence-corrected chi connectivity index (χ2v) is 1.93. The molecule has 5 nitrogen and oxygen atoms in total. The highest BCUT2D eigenvalue weighted by atomic mass is 16.6. The van der Waals surface area contributed by atoms with Crippen molar-refractivity contribution >= 4 is 7.32 Å². The van der Waals surface area contributed by atoms with Gasteiger partial charge >= 0.3 is 7.32 Å². The Kier molecular flexibility index (Phi) is 2.51. The molecule has 1 aromatic heterocycles. The van der Waals surface area contributed by atoms with Gasteiger partial charge in [0.25, 0.3) is 0 Å². The van der Waals surface area contributed by atoms with Gasteiger partial charge in [0.05, 0.1) is 6.20 Å². The molecule has 0 atom stereocenters. The fourth-order valence-corrected chi connectivity index (χ4v) is 0.766. The van der Waals surface area contributed by atoms with Gasteiger partial charge in [0, 0.05) is 12.6 Å². The van der Waals surface area contributed by atoms with E-state index in [0.29, 0.717) is 12.4 Å². The first-order valence-electron chi connectivity index (χ1n) is 3.28. The highest BCUT2D eigenvalue weighted by molar-refractivity contribution is 6.33. The average Bonchev–Trinajstić information content (AvgIpc) is 2.34. The molecule has 6 heteroatoms. The van der Waals surface area contributed by atoms with Crippen LogP contribution >= 0.6 is 0 Å². The van der Waals surface area contributed by atoms with Crippen molar-refractivity contribution in [2.24, 2.45) is 0 Å². The van der Waals surface area contributed by atoms with Crippen LogP contribution in [0.5, 0.6) is 5.88 Å². The first-order chi connectivity index (χ1) is 5.24. The monoisotopic (exact) mass is 156 g/mol. The van der Waals surface area contributed by atoms with Crippen LogP contribution in [0, 0.1) is 0 Å². The smallest absolute Gasteiger partial charge is 0.498 e. The molecule has 1 aromatic rings. The average molecular weight is 156 g/mol. The van der Waals surface area contributed by atoms with Gasteiger partial charge in [-0.2, -0.15) is 5.10 Å². The first-order valence-corrected chi connectivity index (χ1v) is 3.28. The molecule has 0 saturated heterocycles. The Morgan fingerprint density at radius 3 is 3.00 bits per heavy atom. The normalized spacial score (nSPS) is 9.73. The molecule has 60 valence electrons. The van der Waals surface area contributed by atoms with Crippen LogP contribution in [-0.2, 0) is 6.54 Å². The summed E-state index contributed by atoms with van der Waals surface area (Å²) in [7, 11) is -1.78. The van der Waals surface area contributed by atoms with E-state index in [1.54, 1.807) is 6.07 Å². The van der Waals surface area contributed by atoms with E-state index in [4.69, 9.17) is 10.0 Å². The van der Waals surface area contributed by atoms with Crippen molar-refractivity contribution in [1.29, 1.82) is 0 Å². The van der Waals surface area contributed by atoms with Gasteiger partial charge in [0.1, 0.15) is 0 Å². The maximum absolute atomic E-state index is 8.44. The summed E-state index contributed by atoms with van der Waals surface area (Å²) in [6.45, 7) is 2.51. The van der Waals surface area contributed by atoms with Crippen LogP contribution in [0.3, 0.4) is 0 Å². The minimum Gasteiger partial charge on any atom is -0.498 e. The van der Waals surface area contributed by atoms with Crippen molar-refractivity contribution in [3.8, 4) is 5.88 Å². The molecule has 1 heterocycles. The standard InChI is InChI=1S/C5H9BN2O3/c1-2-8-5(3-4-7-8)11-6(9)10/h3-4,9-10H,2H2,1H3. The summed E-state index contributed by atoms with van der Waals surface area (Å²) < 4.78 is 6.10. The Bertz CT molecular complexity index is 225. The zero-order chi connectivity index (χ0) is 8.27. The quantitative estimate of drug-likeness (QED) is 0.565. The van der Waals surface area contributed by atoms with Crippen molar-refractivity contribution < 1.29 is 14.7 Å². The zero-order valence-corrected chi connectivity index (χ0v) is 6.14. The van der Waals surface area contributed by atoms with Crippen LogP contribution in [0.1, 0.15) is 6.92 Å². The molecule has 2 N–H and O–H groups in total. The number of aromatic nitrogens is 2. The second kappa shape index (κ2) is 3.40. The molecule has 0 aromatic carbocycles. The van der Waals surface area contributed by atoms with Crippen molar-refractivity contribution in [3.63, 3.8) is 0 Å². The van der Waals surface area contributed by atoms with Crippen LogP contribution in [0.15, 0.2) is 12.3 Å². The molecule has 0 radical (unpaired) electrons. The number of nitrogens with zero attached hydrogens (tertiary/aromatic N) is 2. The fourth-order valence-electron chi connectivity index (χ4n) is 0.766. The second-order valence-electron chi connectivity index (χ2n) is 1.93. The van der Waals surface area contributed by atoms with E-state index in [2.05, 4.69) is 9.75 Å². The third-order valence-corrected chi connectivity index (χ3v) is 1.20. The minimum atomic E-state index is -1.78. The van der Waals surface area contributed by atoms with Crippen molar-refractivity contribution in [2.75, 3.05) is 0 Å². The SMILES string of the molecule is CCn1nccc1OB(O)O. The van der Waals surface area contributed by atoms with Gasteiger partial charge in [0.2, 0.25) is 0 Å². The van der Waals surface area contributed by atoms with Gasteiger partial charge in [-0.05, 0) is 6.92 Å². The summed E-state index contributed by atoms with van der Waals surface area (Å²) in [6.07, 6.45) is 1.53. The van der Waals surface area contributed by atoms with E-state index in [1.807, 2.05) is 6.92 Å². The lowest BCUT2D eigenvalue weighted by molar-refractivity contribution is 0.274.